The van der Waals surface area contributed by atoms with Crippen LogP contribution in [0.25, 0.3) is 0 Å². The first-order valence-electron chi connectivity index (χ1n) is 10.8. The van der Waals surface area contributed by atoms with Gasteiger partial charge in [-0.05, 0) is 64.4 Å². The zero-order valence-corrected chi connectivity index (χ0v) is 17.2. The van der Waals surface area contributed by atoms with Gasteiger partial charge in [-0.3, -0.25) is 4.79 Å². The predicted octanol–water partition coefficient (Wildman–Crippen LogP) is 4.46. The Morgan fingerprint density at radius 1 is 1.15 bits per heavy atom. The molecular formula is C22H35N3O2. The highest BCUT2D eigenvalue weighted by atomic mass is 16.5. The minimum atomic E-state index is 0.00444. The molecule has 5 nitrogen and oxygen atoms in total. The topological polar surface area (TPSA) is 55.3 Å². The summed E-state index contributed by atoms with van der Waals surface area (Å²) in [6.07, 6.45) is 10.5. The number of aryl methyl sites for hydroxylation is 2. The maximum atomic E-state index is 13.0. The van der Waals surface area contributed by atoms with Crippen molar-refractivity contribution in [2.45, 2.75) is 84.7 Å². The molecule has 1 aliphatic carbocycles. The summed E-state index contributed by atoms with van der Waals surface area (Å²) in [7, 11) is 0. The van der Waals surface area contributed by atoms with Gasteiger partial charge in [-0.15, -0.1) is 0 Å². The standard InChI is InChI=1S/C22H35N3O2/c1-4-5-7-18-9-11-19(12-10-18)21(26)25-13-6-8-20(15-25)27-22-23-16(2)14-17(3)24-22/h14,18-20H,4-13,15H2,1-3H3. The van der Waals surface area contributed by atoms with Gasteiger partial charge in [0.1, 0.15) is 6.10 Å². The van der Waals surface area contributed by atoms with Crippen molar-refractivity contribution < 1.29 is 9.53 Å². The van der Waals surface area contributed by atoms with E-state index in [-0.39, 0.29) is 12.0 Å². The molecule has 150 valence electrons. The summed E-state index contributed by atoms with van der Waals surface area (Å²) in [5, 5.41) is 0. The summed E-state index contributed by atoms with van der Waals surface area (Å²) >= 11 is 0. The van der Waals surface area contributed by atoms with Gasteiger partial charge in [0.15, 0.2) is 0 Å². The Morgan fingerprint density at radius 2 is 1.85 bits per heavy atom. The molecular weight excluding hydrogens is 338 g/mol. The van der Waals surface area contributed by atoms with Gasteiger partial charge in [-0.1, -0.05) is 26.2 Å². The van der Waals surface area contributed by atoms with E-state index in [0.29, 0.717) is 18.5 Å². The lowest BCUT2D eigenvalue weighted by Crippen LogP contribution is -2.47. The van der Waals surface area contributed by atoms with Crippen molar-refractivity contribution in [3.63, 3.8) is 0 Å². The Kier molecular flexibility index (Phi) is 7.08. The molecule has 0 spiro atoms. The van der Waals surface area contributed by atoms with E-state index in [1.807, 2.05) is 24.8 Å². The highest BCUT2D eigenvalue weighted by Crippen LogP contribution is 2.33. The van der Waals surface area contributed by atoms with E-state index < -0.39 is 0 Å². The van der Waals surface area contributed by atoms with Crippen molar-refractivity contribution in [1.29, 1.82) is 0 Å². The third-order valence-electron chi connectivity index (χ3n) is 6.09. The zero-order valence-electron chi connectivity index (χ0n) is 17.2. The number of aromatic nitrogens is 2. The van der Waals surface area contributed by atoms with Gasteiger partial charge in [-0.25, -0.2) is 9.97 Å². The Bertz CT molecular complexity index is 606. The summed E-state index contributed by atoms with van der Waals surface area (Å²) in [5.74, 6) is 1.41. The van der Waals surface area contributed by atoms with Crippen LogP contribution in [-0.4, -0.2) is 40.0 Å². The first kappa shape index (κ1) is 20.1. The number of carbonyl (C=O) groups excluding carboxylic acids is 1. The lowest BCUT2D eigenvalue weighted by molar-refractivity contribution is -0.139. The predicted molar refractivity (Wildman–Crippen MR) is 107 cm³/mol. The first-order valence-corrected chi connectivity index (χ1v) is 10.8. The molecule has 0 aromatic carbocycles. The SMILES string of the molecule is CCCCC1CCC(C(=O)N2CCCC(Oc3nc(C)cc(C)n3)C2)CC1. The van der Waals surface area contributed by atoms with Crippen molar-refractivity contribution >= 4 is 5.91 Å². The van der Waals surface area contributed by atoms with E-state index in [2.05, 4.69) is 16.9 Å². The van der Waals surface area contributed by atoms with Crippen LogP contribution in [-0.2, 0) is 4.79 Å². The third-order valence-corrected chi connectivity index (χ3v) is 6.09. The number of ether oxygens (including phenoxy) is 1. The molecule has 2 fully saturated rings. The number of piperidine rings is 1. The average molecular weight is 374 g/mol. The van der Waals surface area contributed by atoms with E-state index in [9.17, 15) is 4.79 Å². The van der Waals surface area contributed by atoms with Crippen molar-refractivity contribution in [1.82, 2.24) is 14.9 Å². The quantitative estimate of drug-likeness (QED) is 0.739. The minimum absolute atomic E-state index is 0.00444. The summed E-state index contributed by atoms with van der Waals surface area (Å²) in [4.78, 5) is 23.8. The second-order valence-electron chi connectivity index (χ2n) is 8.46. The summed E-state index contributed by atoms with van der Waals surface area (Å²) in [5.41, 5.74) is 1.84. The fourth-order valence-corrected chi connectivity index (χ4v) is 4.58. The number of nitrogens with zero attached hydrogens (tertiary/aromatic N) is 3. The van der Waals surface area contributed by atoms with E-state index in [1.54, 1.807) is 0 Å². The van der Waals surface area contributed by atoms with Crippen LogP contribution in [0.5, 0.6) is 6.01 Å². The Labute approximate surface area is 163 Å². The number of rotatable bonds is 6. The minimum Gasteiger partial charge on any atom is -0.458 e. The van der Waals surface area contributed by atoms with E-state index in [0.717, 1.165) is 49.5 Å². The van der Waals surface area contributed by atoms with Crippen LogP contribution in [0.1, 0.15) is 76.1 Å². The molecule has 1 aliphatic heterocycles. The number of unbranched alkanes of at least 4 members (excludes halogenated alkanes) is 1. The average Bonchev–Trinajstić information content (AvgIpc) is 2.65. The van der Waals surface area contributed by atoms with Gasteiger partial charge >= 0.3 is 6.01 Å². The van der Waals surface area contributed by atoms with Crippen LogP contribution in [0.4, 0.5) is 0 Å². The van der Waals surface area contributed by atoms with Gasteiger partial charge in [0.2, 0.25) is 5.91 Å². The smallest absolute Gasteiger partial charge is 0.317 e. The van der Waals surface area contributed by atoms with Crippen molar-refractivity contribution in [3.05, 3.63) is 17.5 Å². The Hall–Kier alpha value is -1.65. The highest BCUT2D eigenvalue weighted by molar-refractivity contribution is 5.79. The maximum absolute atomic E-state index is 13.0. The molecule has 1 amide bonds. The molecule has 2 heterocycles. The number of likely N-dealkylation sites (tertiary alicyclic amines) is 1. The van der Waals surface area contributed by atoms with E-state index in [4.69, 9.17) is 4.74 Å². The molecule has 1 unspecified atom stereocenters. The zero-order chi connectivity index (χ0) is 19.2. The molecule has 2 aliphatic rings. The normalized spacial score (nSPS) is 26.0. The fraction of sp³-hybridized carbons (Fsp3) is 0.773. The van der Waals surface area contributed by atoms with Gasteiger partial charge in [-0.2, -0.15) is 0 Å². The summed E-state index contributed by atoms with van der Waals surface area (Å²) in [6.45, 7) is 7.70. The van der Waals surface area contributed by atoms with Crippen LogP contribution < -0.4 is 4.74 Å². The van der Waals surface area contributed by atoms with Crippen LogP contribution >= 0.6 is 0 Å². The number of carbonyl (C=O) groups is 1. The molecule has 1 aromatic rings. The van der Waals surface area contributed by atoms with E-state index in [1.165, 1.54) is 32.1 Å². The molecule has 1 atom stereocenters. The summed E-state index contributed by atoms with van der Waals surface area (Å²) in [6, 6.07) is 2.39. The molecule has 0 N–H and O–H groups in total. The largest absolute Gasteiger partial charge is 0.458 e. The first-order chi connectivity index (χ1) is 13.0. The molecule has 1 aromatic heterocycles. The van der Waals surface area contributed by atoms with E-state index >= 15 is 0 Å². The molecule has 0 bridgehead atoms. The molecule has 1 saturated carbocycles. The van der Waals surface area contributed by atoms with Crippen molar-refractivity contribution in [3.8, 4) is 6.01 Å². The summed E-state index contributed by atoms with van der Waals surface area (Å²) < 4.78 is 6.03. The lowest BCUT2D eigenvalue weighted by atomic mass is 9.79. The second kappa shape index (κ2) is 9.52. The Balaban J connectivity index is 1.51. The molecule has 27 heavy (non-hydrogen) atoms. The van der Waals surface area contributed by atoms with Crippen LogP contribution in [0.3, 0.4) is 0 Å². The third kappa shape index (κ3) is 5.66. The van der Waals surface area contributed by atoms with Crippen molar-refractivity contribution in [2.24, 2.45) is 11.8 Å². The molecule has 1 saturated heterocycles. The van der Waals surface area contributed by atoms with Crippen LogP contribution in [0.2, 0.25) is 0 Å². The van der Waals surface area contributed by atoms with Crippen LogP contribution in [0.15, 0.2) is 6.07 Å². The van der Waals surface area contributed by atoms with Gasteiger partial charge < -0.3 is 9.64 Å². The molecule has 0 radical (unpaired) electrons. The van der Waals surface area contributed by atoms with Crippen molar-refractivity contribution in [2.75, 3.05) is 13.1 Å². The Morgan fingerprint density at radius 3 is 2.52 bits per heavy atom. The van der Waals surface area contributed by atoms with Gasteiger partial charge in [0.25, 0.3) is 0 Å². The second-order valence-corrected chi connectivity index (χ2v) is 8.46. The number of hydrogen-bond acceptors (Lipinski definition) is 4. The lowest BCUT2D eigenvalue weighted by Gasteiger charge is -2.36. The van der Waals surface area contributed by atoms with Gasteiger partial charge in [0, 0.05) is 23.9 Å². The highest BCUT2D eigenvalue weighted by Gasteiger charge is 2.32. The molecule has 3 rings (SSSR count). The van der Waals surface area contributed by atoms with Gasteiger partial charge in [0.05, 0.1) is 6.54 Å². The number of amides is 1. The van der Waals surface area contributed by atoms with Crippen LogP contribution in [0, 0.1) is 25.7 Å². The monoisotopic (exact) mass is 373 g/mol. The molecule has 5 heteroatoms. The fourth-order valence-electron chi connectivity index (χ4n) is 4.58. The maximum Gasteiger partial charge on any atom is 0.317 e. The number of hydrogen-bond donors (Lipinski definition) is 0.